The van der Waals surface area contributed by atoms with Crippen LogP contribution in [0.3, 0.4) is 0 Å². The second kappa shape index (κ2) is 9.47. The van der Waals surface area contributed by atoms with Gasteiger partial charge in [0, 0.05) is 37.4 Å². The highest BCUT2D eigenvalue weighted by Crippen LogP contribution is 2.24. The monoisotopic (exact) mass is 361 g/mol. The first-order chi connectivity index (χ1) is 12.7. The fourth-order valence-electron chi connectivity index (χ4n) is 4.26. The number of piperidine rings is 1. The molecular formula is C21H32FN3O. The number of anilines is 1. The lowest BCUT2D eigenvalue weighted by molar-refractivity contribution is -0.118. The molecule has 0 bridgehead atoms. The number of ketones is 1. The summed E-state index contributed by atoms with van der Waals surface area (Å²) in [5.41, 5.74) is 1.87. The van der Waals surface area contributed by atoms with Gasteiger partial charge in [-0.15, -0.1) is 0 Å². The minimum atomic E-state index is -0.390. The first-order valence-electron chi connectivity index (χ1n) is 9.98. The van der Waals surface area contributed by atoms with Gasteiger partial charge in [0.2, 0.25) is 0 Å². The minimum absolute atomic E-state index is 0.274. The lowest BCUT2D eigenvalue weighted by Gasteiger charge is -2.38. The van der Waals surface area contributed by atoms with Crippen molar-refractivity contribution in [1.29, 1.82) is 0 Å². The second-order valence-corrected chi connectivity index (χ2v) is 7.80. The van der Waals surface area contributed by atoms with Gasteiger partial charge in [-0.25, -0.2) is 4.39 Å². The molecule has 0 atom stereocenters. The molecule has 0 spiro atoms. The molecule has 1 aromatic carbocycles. The number of rotatable bonds is 7. The Hall–Kier alpha value is -1.46. The van der Waals surface area contributed by atoms with Crippen LogP contribution in [0, 0.1) is 5.92 Å². The second-order valence-electron chi connectivity index (χ2n) is 7.80. The van der Waals surface area contributed by atoms with Crippen molar-refractivity contribution in [1.82, 2.24) is 9.80 Å². The van der Waals surface area contributed by atoms with Crippen molar-refractivity contribution >= 4 is 11.5 Å². The average Bonchev–Trinajstić information content (AvgIpc) is 2.67. The number of carbonyl (C=O) groups is 1. The number of piperazine rings is 1. The molecule has 0 saturated carbocycles. The van der Waals surface area contributed by atoms with E-state index in [1.165, 1.54) is 19.3 Å². The Labute approximate surface area is 157 Å². The largest absolute Gasteiger partial charge is 0.369 e. The summed E-state index contributed by atoms with van der Waals surface area (Å²) in [6, 6.07) is 7.84. The quantitative estimate of drug-likeness (QED) is 0.746. The number of halogens is 1. The molecule has 3 rings (SSSR count). The molecule has 1 aromatic rings. The summed E-state index contributed by atoms with van der Waals surface area (Å²) in [5.74, 6) is 1.07. The van der Waals surface area contributed by atoms with Crippen molar-refractivity contribution in [3.05, 3.63) is 29.8 Å². The lowest BCUT2D eigenvalue weighted by atomic mass is 9.93. The van der Waals surface area contributed by atoms with E-state index >= 15 is 0 Å². The number of hydrogen-bond donors (Lipinski definition) is 0. The van der Waals surface area contributed by atoms with Crippen molar-refractivity contribution in [2.45, 2.75) is 32.9 Å². The van der Waals surface area contributed by atoms with Gasteiger partial charge in [0.1, 0.15) is 12.5 Å². The van der Waals surface area contributed by atoms with E-state index in [1.54, 1.807) is 6.92 Å². The molecule has 2 heterocycles. The minimum Gasteiger partial charge on any atom is -0.369 e. The molecule has 0 aliphatic carbocycles. The summed E-state index contributed by atoms with van der Waals surface area (Å²) in [7, 11) is 0. The van der Waals surface area contributed by atoms with E-state index in [4.69, 9.17) is 0 Å². The number of nitrogens with zero attached hydrogens (tertiary/aromatic N) is 3. The summed E-state index contributed by atoms with van der Waals surface area (Å²) >= 11 is 0. The number of likely N-dealkylation sites (tertiary alicyclic amines) is 1. The summed E-state index contributed by atoms with van der Waals surface area (Å²) < 4.78 is 13.2. The molecule has 0 N–H and O–H groups in total. The highest BCUT2D eigenvalue weighted by molar-refractivity contribution is 5.77. The maximum absolute atomic E-state index is 13.2. The van der Waals surface area contributed by atoms with Crippen molar-refractivity contribution in [3.8, 4) is 0 Å². The normalized spacial score (nSPS) is 20.5. The Morgan fingerprint density at radius 3 is 2.38 bits per heavy atom. The van der Waals surface area contributed by atoms with Crippen LogP contribution in [0.15, 0.2) is 24.3 Å². The van der Waals surface area contributed by atoms with Crippen LogP contribution in [0.2, 0.25) is 0 Å². The Morgan fingerprint density at radius 2 is 1.73 bits per heavy atom. The van der Waals surface area contributed by atoms with Gasteiger partial charge in [-0.3, -0.25) is 14.6 Å². The third-order valence-electron chi connectivity index (χ3n) is 5.86. The highest BCUT2D eigenvalue weighted by atomic mass is 19.1. The Bertz CT molecular complexity index is 578. The topological polar surface area (TPSA) is 26.8 Å². The van der Waals surface area contributed by atoms with Gasteiger partial charge in [0.15, 0.2) is 0 Å². The molecule has 26 heavy (non-hydrogen) atoms. The highest BCUT2D eigenvalue weighted by Gasteiger charge is 2.22. The zero-order chi connectivity index (χ0) is 18.4. The fourth-order valence-corrected chi connectivity index (χ4v) is 4.26. The number of para-hydroxylation sites is 1. The zero-order valence-electron chi connectivity index (χ0n) is 16.0. The maximum Gasteiger partial charge on any atom is 0.143 e. The summed E-state index contributed by atoms with van der Waals surface area (Å²) in [6.07, 6.45) is 3.70. The summed E-state index contributed by atoms with van der Waals surface area (Å²) in [5, 5.41) is 0. The maximum atomic E-state index is 13.2. The standard InChI is InChI=1S/C21H32FN3O/c1-18(26)17-24-10-7-19(8-11-24)6-9-23-12-14-25(15-13-23)21-5-3-2-4-20(21)16-22/h2-5,19H,6-17H2,1H3. The third-order valence-corrected chi connectivity index (χ3v) is 5.86. The number of hydrogen-bond acceptors (Lipinski definition) is 4. The molecule has 2 aliphatic rings. The zero-order valence-corrected chi connectivity index (χ0v) is 16.0. The van der Waals surface area contributed by atoms with E-state index in [-0.39, 0.29) is 5.78 Å². The van der Waals surface area contributed by atoms with Crippen LogP contribution >= 0.6 is 0 Å². The summed E-state index contributed by atoms with van der Waals surface area (Å²) in [6.45, 7) is 9.28. The molecule has 0 aromatic heterocycles. The van der Waals surface area contributed by atoms with Crippen LogP contribution in [0.5, 0.6) is 0 Å². The van der Waals surface area contributed by atoms with Crippen molar-refractivity contribution < 1.29 is 9.18 Å². The van der Waals surface area contributed by atoms with E-state index in [0.717, 1.165) is 63.0 Å². The summed E-state index contributed by atoms with van der Waals surface area (Å²) in [4.78, 5) is 18.4. The molecule has 144 valence electrons. The molecule has 2 aliphatic heterocycles. The molecular weight excluding hydrogens is 329 g/mol. The number of alkyl halides is 1. The van der Waals surface area contributed by atoms with Gasteiger partial charge in [-0.05, 0) is 57.8 Å². The number of carbonyl (C=O) groups excluding carboxylic acids is 1. The van der Waals surface area contributed by atoms with Crippen LogP contribution in [0.25, 0.3) is 0 Å². The predicted molar refractivity (Wildman–Crippen MR) is 104 cm³/mol. The SMILES string of the molecule is CC(=O)CN1CCC(CCN2CCN(c3ccccc3CF)CC2)CC1. The smallest absolute Gasteiger partial charge is 0.143 e. The molecule has 2 fully saturated rings. The van der Waals surface area contributed by atoms with Crippen LogP contribution in [-0.4, -0.2) is 67.9 Å². The Kier molecular flexibility index (Phi) is 7.03. The molecule has 0 amide bonds. The average molecular weight is 362 g/mol. The van der Waals surface area contributed by atoms with Gasteiger partial charge < -0.3 is 4.90 Å². The molecule has 0 unspecified atom stereocenters. The van der Waals surface area contributed by atoms with Crippen LogP contribution in [0.4, 0.5) is 10.1 Å². The third kappa shape index (κ3) is 5.27. The first-order valence-corrected chi connectivity index (χ1v) is 9.98. The first kappa shape index (κ1) is 19.3. The van der Waals surface area contributed by atoms with E-state index < -0.39 is 6.67 Å². The Balaban J connectivity index is 1.38. The van der Waals surface area contributed by atoms with E-state index in [1.807, 2.05) is 24.3 Å². The van der Waals surface area contributed by atoms with E-state index in [9.17, 15) is 9.18 Å². The molecule has 4 nitrogen and oxygen atoms in total. The van der Waals surface area contributed by atoms with Gasteiger partial charge in [-0.2, -0.15) is 0 Å². The van der Waals surface area contributed by atoms with Crippen molar-refractivity contribution in [2.24, 2.45) is 5.92 Å². The number of Topliss-reactive ketones (excluding diaryl/α,β-unsaturated/α-hetero) is 1. The fraction of sp³-hybridized carbons (Fsp3) is 0.667. The van der Waals surface area contributed by atoms with Crippen LogP contribution < -0.4 is 4.90 Å². The Morgan fingerprint density at radius 1 is 1.04 bits per heavy atom. The molecule has 2 saturated heterocycles. The molecule has 0 radical (unpaired) electrons. The van der Waals surface area contributed by atoms with Crippen molar-refractivity contribution in [2.75, 3.05) is 57.3 Å². The van der Waals surface area contributed by atoms with Crippen molar-refractivity contribution in [3.63, 3.8) is 0 Å². The van der Waals surface area contributed by atoms with Crippen LogP contribution in [-0.2, 0) is 11.5 Å². The number of benzene rings is 1. The van der Waals surface area contributed by atoms with Gasteiger partial charge in [-0.1, -0.05) is 18.2 Å². The van der Waals surface area contributed by atoms with E-state index in [2.05, 4.69) is 14.7 Å². The van der Waals surface area contributed by atoms with Gasteiger partial charge in [0.25, 0.3) is 0 Å². The van der Waals surface area contributed by atoms with Crippen LogP contribution in [0.1, 0.15) is 31.7 Å². The lowest BCUT2D eigenvalue weighted by Crippen LogP contribution is -2.47. The van der Waals surface area contributed by atoms with E-state index in [0.29, 0.717) is 6.54 Å². The van der Waals surface area contributed by atoms with Gasteiger partial charge in [0.05, 0.1) is 6.54 Å². The predicted octanol–water partition coefficient (Wildman–Crippen LogP) is 2.97. The molecule has 5 heteroatoms. The van der Waals surface area contributed by atoms with Gasteiger partial charge >= 0.3 is 0 Å².